The Hall–Kier alpha value is -2.37. The normalized spacial score (nSPS) is 10.5. The molecule has 0 aliphatic carbocycles. The Morgan fingerprint density at radius 2 is 2.16 bits per heavy atom. The Morgan fingerprint density at radius 1 is 1.37 bits per heavy atom. The number of nitrogens with one attached hydrogen (secondary N) is 1. The van der Waals surface area contributed by atoms with Gasteiger partial charge >= 0.3 is 11.8 Å². The van der Waals surface area contributed by atoms with E-state index in [0.717, 1.165) is 0 Å². The van der Waals surface area contributed by atoms with Crippen LogP contribution >= 0.6 is 0 Å². The molecule has 0 radical (unpaired) electrons. The second-order valence-electron chi connectivity index (χ2n) is 4.29. The number of benzene rings is 1. The number of hydrogen-bond acceptors (Lipinski definition) is 5. The number of anilines is 1. The minimum Gasteiger partial charge on any atom is -0.497 e. The lowest BCUT2D eigenvalue weighted by Crippen LogP contribution is -2.12. The van der Waals surface area contributed by atoms with Crippen LogP contribution in [-0.4, -0.2) is 23.2 Å². The molecule has 2 rings (SSSR count). The number of aromatic nitrogens is 2. The molecule has 1 heterocycles. The Labute approximate surface area is 110 Å². The van der Waals surface area contributed by atoms with Crippen molar-refractivity contribution in [2.75, 3.05) is 12.4 Å². The van der Waals surface area contributed by atoms with Crippen LogP contribution in [0.25, 0.3) is 0 Å². The van der Waals surface area contributed by atoms with Gasteiger partial charge in [-0.1, -0.05) is 19.9 Å². The van der Waals surface area contributed by atoms with Gasteiger partial charge in [-0.25, -0.2) is 0 Å². The quantitative estimate of drug-likeness (QED) is 0.914. The first kappa shape index (κ1) is 13.1. The molecule has 0 aliphatic rings. The highest BCUT2D eigenvalue weighted by Crippen LogP contribution is 2.18. The second kappa shape index (κ2) is 5.51. The largest absolute Gasteiger partial charge is 0.497 e. The van der Waals surface area contributed by atoms with E-state index in [9.17, 15) is 4.79 Å². The van der Waals surface area contributed by atoms with Crippen LogP contribution in [0, 0.1) is 0 Å². The van der Waals surface area contributed by atoms with Crippen molar-refractivity contribution < 1.29 is 13.9 Å². The maximum Gasteiger partial charge on any atom is 0.313 e. The summed E-state index contributed by atoms with van der Waals surface area (Å²) in [5, 5.41) is 10.2. The van der Waals surface area contributed by atoms with E-state index in [-0.39, 0.29) is 11.8 Å². The number of nitrogens with zero attached hydrogens (tertiary/aromatic N) is 2. The Balaban J connectivity index is 2.11. The third-order valence-electron chi connectivity index (χ3n) is 2.46. The molecule has 0 bridgehead atoms. The minimum atomic E-state index is -0.437. The van der Waals surface area contributed by atoms with Gasteiger partial charge in [-0.15, -0.1) is 10.2 Å². The molecular formula is C13H15N3O3. The van der Waals surface area contributed by atoms with Crippen LogP contribution in [0.3, 0.4) is 0 Å². The van der Waals surface area contributed by atoms with Crippen LogP contribution in [0.5, 0.6) is 5.75 Å². The van der Waals surface area contributed by atoms with Crippen LogP contribution in [0.2, 0.25) is 0 Å². The van der Waals surface area contributed by atoms with Crippen molar-refractivity contribution in [1.82, 2.24) is 10.2 Å². The Morgan fingerprint density at radius 3 is 2.79 bits per heavy atom. The molecule has 6 heteroatoms. The minimum absolute atomic E-state index is 0.0495. The molecule has 100 valence electrons. The smallest absolute Gasteiger partial charge is 0.313 e. The summed E-state index contributed by atoms with van der Waals surface area (Å²) in [5.41, 5.74) is 0.605. The van der Waals surface area contributed by atoms with Crippen molar-refractivity contribution in [2.45, 2.75) is 19.8 Å². The number of rotatable bonds is 4. The van der Waals surface area contributed by atoms with E-state index in [0.29, 0.717) is 17.3 Å². The van der Waals surface area contributed by atoms with Gasteiger partial charge in [-0.3, -0.25) is 4.79 Å². The highest BCUT2D eigenvalue weighted by atomic mass is 16.5. The van der Waals surface area contributed by atoms with E-state index in [4.69, 9.17) is 9.15 Å². The number of carbonyl (C=O) groups is 1. The zero-order chi connectivity index (χ0) is 13.8. The van der Waals surface area contributed by atoms with Gasteiger partial charge in [0, 0.05) is 17.7 Å². The number of methoxy groups -OCH3 is 1. The fourth-order valence-electron chi connectivity index (χ4n) is 1.45. The predicted octanol–water partition coefficient (Wildman–Crippen LogP) is 2.45. The highest BCUT2D eigenvalue weighted by molar-refractivity contribution is 6.00. The molecule has 0 aliphatic heterocycles. The molecule has 0 unspecified atom stereocenters. The summed E-state index contributed by atoms with van der Waals surface area (Å²) in [7, 11) is 1.56. The number of ether oxygens (including phenoxy) is 1. The first-order valence-electron chi connectivity index (χ1n) is 5.89. The molecule has 0 atom stereocenters. The first-order chi connectivity index (χ1) is 9.10. The zero-order valence-corrected chi connectivity index (χ0v) is 11.0. The lowest BCUT2D eigenvalue weighted by Gasteiger charge is -2.04. The van der Waals surface area contributed by atoms with Gasteiger partial charge in [0.15, 0.2) is 0 Å². The average molecular weight is 261 g/mol. The van der Waals surface area contributed by atoms with Crippen molar-refractivity contribution in [3.05, 3.63) is 36.0 Å². The van der Waals surface area contributed by atoms with Gasteiger partial charge < -0.3 is 14.5 Å². The fraction of sp³-hybridized carbons (Fsp3) is 0.308. The summed E-state index contributed by atoms with van der Waals surface area (Å²) in [5.74, 6) is 0.701. The van der Waals surface area contributed by atoms with Gasteiger partial charge in [-0.05, 0) is 12.1 Å². The second-order valence-corrected chi connectivity index (χ2v) is 4.29. The molecule has 1 N–H and O–H groups in total. The van der Waals surface area contributed by atoms with Crippen molar-refractivity contribution in [3.8, 4) is 5.75 Å². The van der Waals surface area contributed by atoms with Gasteiger partial charge in [0.25, 0.3) is 0 Å². The zero-order valence-electron chi connectivity index (χ0n) is 11.0. The third-order valence-corrected chi connectivity index (χ3v) is 2.46. The molecule has 0 fully saturated rings. The third kappa shape index (κ3) is 3.09. The van der Waals surface area contributed by atoms with Crippen LogP contribution in [0.1, 0.15) is 36.3 Å². The monoisotopic (exact) mass is 261 g/mol. The molecule has 1 aromatic heterocycles. The molecule has 0 saturated heterocycles. The first-order valence-corrected chi connectivity index (χ1v) is 5.89. The van der Waals surface area contributed by atoms with Crippen LogP contribution in [0.15, 0.2) is 28.7 Å². The molecule has 19 heavy (non-hydrogen) atoms. The van der Waals surface area contributed by atoms with Gasteiger partial charge in [0.05, 0.1) is 7.11 Å². The van der Waals surface area contributed by atoms with E-state index < -0.39 is 5.91 Å². The standard InChI is InChI=1S/C13H15N3O3/c1-8(2)12-15-16-13(19-12)11(17)14-9-5-4-6-10(7-9)18-3/h4-8H,1-3H3,(H,14,17). The Bertz CT molecular complexity index is 578. The van der Waals surface area contributed by atoms with E-state index >= 15 is 0 Å². The molecule has 1 aromatic carbocycles. The van der Waals surface area contributed by atoms with Gasteiger partial charge in [0.1, 0.15) is 5.75 Å². The lowest BCUT2D eigenvalue weighted by molar-refractivity contribution is 0.0988. The predicted molar refractivity (Wildman–Crippen MR) is 69.3 cm³/mol. The maximum atomic E-state index is 11.9. The number of hydrogen-bond donors (Lipinski definition) is 1. The van der Waals surface area contributed by atoms with Crippen LogP contribution in [0.4, 0.5) is 5.69 Å². The summed E-state index contributed by atoms with van der Waals surface area (Å²) in [6, 6.07) is 7.03. The SMILES string of the molecule is COc1cccc(NC(=O)c2nnc(C(C)C)o2)c1. The fourth-order valence-corrected chi connectivity index (χ4v) is 1.45. The number of amides is 1. The topological polar surface area (TPSA) is 77.2 Å². The van der Waals surface area contributed by atoms with Gasteiger partial charge in [-0.2, -0.15) is 0 Å². The van der Waals surface area contributed by atoms with E-state index in [1.54, 1.807) is 31.4 Å². The van der Waals surface area contributed by atoms with Gasteiger partial charge in [0.2, 0.25) is 5.89 Å². The Kier molecular flexibility index (Phi) is 3.79. The average Bonchev–Trinajstić information content (AvgIpc) is 2.89. The molecule has 2 aromatic rings. The van der Waals surface area contributed by atoms with E-state index in [1.165, 1.54) is 0 Å². The summed E-state index contributed by atoms with van der Waals surface area (Å²) < 4.78 is 10.3. The van der Waals surface area contributed by atoms with E-state index in [2.05, 4.69) is 15.5 Å². The van der Waals surface area contributed by atoms with Crippen molar-refractivity contribution in [1.29, 1.82) is 0 Å². The molecule has 6 nitrogen and oxygen atoms in total. The maximum absolute atomic E-state index is 11.9. The van der Waals surface area contributed by atoms with Crippen LogP contribution in [-0.2, 0) is 0 Å². The van der Waals surface area contributed by atoms with E-state index in [1.807, 2.05) is 13.8 Å². The summed E-state index contributed by atoms with van der Waals surface area (Å²) in [6.07, 6.45) is 0. The molecule has 1 amide bonds. The van der Waals surface area contributed by atoms with Crippen molar-refractivity contribution in [3.63, 3.8) is 0 Å². The molecule has 0 saturated carbocycles. The highest BCUT2D eigenvalue weighted by Gasteiger charge is 2.16. The molecular weight excluding hydrogens is 246 g/mol. The summed E-state index contributed by atoms with van der Waals surface area (Å²) in [6.45, 7) is 3.83. The lowest BCUT2D eigenvalue weighted by atomic mass is 10.2. The summed E-state index contributed by atoms with van der Waals surface area (Å²) in [4.78, 5) is 11.9. The molecule has 0 spiro atoms. The van der Waals surface area contributed by atoms with Crippen molar-refractivity contribution >= 4 is 11.6 Å². The van der Waals surface area contributed by atoms with Crippen LogP contribution < -0.4 is 10.1 Å². The van der Waals surface area contributed by atoms with Crippen molar-refractivity contribution in [2.24, 2.45) is 0 Å². The number of carbonyl (C=O) groups excluding carboxylic acids is 1. The summed E-state index contributed by atoms with van der Waals surface area (Å²) >= 11 is 0.